The predicted octanol–water partition coefficient (Wildman–Crippen LogP) is 4.87. The molecule has 3 rings (SSSR count). The molecule has 0 radical (unpaired) electrons. The van der Waals surface area contributed by atoms with Crippen molar-refractivity contribution < 1.29 is 4.79 Å². The lowest BCUT2D eigenvalue weighted by molar-refractivity contribution is -0.118. The van der Waals surface area contributed by atoms with Gasteiger partial charge >= 0.3 is 0 Å². The lowest BCUT2D eigenvalue weighted by Crippen LogP contribution is -2.24. The molecule has 2 aromatic carbocycles. The average Bonchev–Trinajstić information content (AvgIpc) is 3.21. The van der Waals surface area contributed by atoms with Gasteiger partial charge in [-0.2, -0.15) is 0 Å². The summed E-state index contributed by atoms with van der Waals surface area (Å²) in [6.07, 6.45) is 0. The second kappa shape index (κ2) is 11.2. The Morgan fingerprint density at radius 3 is 2.32 bits per heavy atom. The highest BCUT2D eigenvalue weighted by Crippen LogP contribution is 2.26. The average molecular weight is 458 g/mol. The Kier molecular flexibility index (Phi) is 8.37. The first-order valence-electron chi connectivity index (χ1n) is 10.5. The van der Waals surface area contributed by atoms with Crippen molar-refractivity contribution in [2.45, 2.75) is 39.0 Å². The van der Waals surface area contributed by atoms with E-state index in [4.69, 9.17) is 11.6 Å². The number of hydrogen-bond donors (Lipinski definition) is 1. The van der Waals surface area contributed by atoms with E-state index in [1.807, 2.05) is 28.8 Å². The van der Waals surface area contributed by atoms with E-state index in [1.165, 1.54) is 17.4 Å². The monoisotopic (exact) mass is 457 g/mol. The minimum atomic E-state index is -0.0456. The Balaban J connectivity index is 1.61. The number of amides is 1. The second-order valence-electron chi connectivity index (χ2n) is 6.96. The van der Waals surface area contributed by atoms with Crippen LogP contribution in [0.2, 0.25) is 5.02 Å². The molecule has 0 aliphatic carbocycles. The molecule has 0 unspecified atom stereocenters. The van der Waals surface area contributed by atoms with Gasteiger partial charge in [0.15, 0.2) is 11.0 Å². The molecule has 164 valence electrons. The Hall–Kier alpha value is -2.51. The standard InChI is InChI=1S/C23H28ClN5OS/c1-4-28(5-2)20-13-9-18(10-14-20)22-26-27-23(29(22)6-3)31-16-21(30)25-15-17-7-11-19(24)12-8-17/h7-14H,4-6,15-16H2,1-3H3,(H,25,30). The third kappa shape index (κ3) is 6.02. The summed E-state index contributed by atoms with van der Waals surface area (Å²) in [5.74, 6) is 1.06. The number of nitrogens with one attached hydrogen (secondary N) is 1. The Morgan fingerprint density at radius 1 is 1.03 bits per heavy atom. The zero-order chi connectivity index (χ0) is 22.2. The van der Waals surface area contributed by atoms with Crippen LogP contribution in [0.15, 0.2) is 53.7 Å². The van der Waals surface area contributed by atoms with Crippen LogP contribution in [-0.2, 0) is 17.9 Å². The van der Waals surface area contributed by atoms with Gasteiger partial charge in [-0.3, -0.25) is 4.79 Å². The van der Waals surface area contributed by atoms with Gasteiger partial charge in [0.25, 0.3) is 0 Å². The van der Waals surface area contributed by atoms with Crippen molar-refractivity contribution in [1.82, 2.24) is 20.1 Å². The minimum Gasteiger partial charge on any atom is -0.372 e. The summed E-state index contributed by atoms with van der Waals surface area (Å²) in [5, 5.41) is 13.1. The molecule has 1 amide bonds. The normalized spacial score (nSPS) is 10.8. The molecular weight excluding hydrogens is 430 g/mol. The Labute approximate surface area is 193 Å². The number of rotatable bonds is 10. The lowest BCUT2D eigenvalue weighted by atomic mass is 10.2. The van der Waals surface area contributed by atoms with Gasteiger partial charge in [-0.05, 0) is 62.7 Å². The van der Waals surface area contributed by atoms with Crippen LogP contribution in [0.5, 0.6) is 0 Å². The van der Waals surface area contributed by atoms with E-state index in [1.54, 1.807) is 0 Å². The maximum absolute atomic E-state index is 12.3. The topological polar surface area (TPSA) is 63.1 Å². The number of carbonyl (C=O) groups is 1. The van der Waals surface area contributed by atoms with Gasteiger partial charge in [0.05, 0.1) is 5.75 Å². The molecule has 0 bridgehead atoms. The summed E-state index contributed by atoms with van der Waals surface area (Å²) in [6.45, 7) is 9.52. The fourth-order valence-corrected chi connectivity index (χ4v) is 4.25. The van der Waals surface area contributed by atoms with Crippen LogP contribution >= 0.6 is 23.4 Å². The summed E-state index contributed by atoms with van der Waals surface area (Å²) in [7, 11) is 0. The van der Waals surface area contributed by atoms with Crippen LogP contribution in [0, 0.1) is 0 Å². The molecule has 1 aromatic heterocycles. The van der Waals surface area contributed by atoms with Crippen LogP contribution in [0.4, 0.5) is 5.69 Å². The number of hydrogen-bond acceptors (Lipinski definition) is 5. The summed E-state index contributed by atoms with van der Waals surface area (Å²) >= 11 is 7.29. The summed E-state index contributed by atoms with van der Waals surface area (Å²) < 4.78 is 2.05. The maximum Gasteiger partial charge on any atom is 0.230 e. The van der Waals surface area contributed by atoms with Gasteiger partial charge in [0, 0.05) is 42.5 Å². The molecule has 6 nitrogen and oxygen atoms in total. The molecule has 0 atom stereocenters. The minimum absolute atomic E-state index is 0.0456. The number of aromatic nitrogens is 3. The van der Waals surface area contributed by atoms with Crippen molar-refractivity contribution in [3.05, 3.63) is 59.1 Å². The number of anilines is 1. The molecule has 0 fully saturated rings. The quantitative estimate of drug-likeness (QED) is 0.440. The van der Waals surface area contributed by atoms with Gasteiger partial charge in [-0.15, -0.1) is 10.2 Å². The highest BCUT2D eigenvalue weighted by atomic mass is 35.5. The zero-order valence-electron chi connectivity index (χ0n) is 18.1. The first kappa shape index (κ1) is 23.2. The molecular formula is C23H28ClN5OS. The van der Waals surface area contributed by atoms with Gasteiger partial charge in [-0.1, -0.05) is 35.5 Å². The van der Waals surface area contributed by atoms with Gasteiger partial charge in [0.1, 0.15) is 0 Å². The van der Waals surface area contributed by atoms with E-state index in [0.29, 0.717) is 11.6 Å². The number of benzene rings is 2. The second-order valence-corrected chi connectivity index (χ2v) is 8.34. The van der Waals surface area contributed by atoms with E-state index >= 15 is 0 Å². The number of thioether (sulfide) groups is 1. The van der Waals surface area contributed by atoms with E-state index in [0.717, 1.165) is 41.7 Å². The summed E-state index contributed by atoms with van der Waals surface area (Å²) in [6, 6.07) is 15.8. The SMILES string of the molecule is CCN(CC)c1ccc(-c2nnc(SCC(=O)NCc3ccc(Cl)cc3)n2CC)cc1. The van der Waals surface area contributed by atoms with Crippen molar-refractivity contribution in [2.24, 2.45) is 0 Å². The number of halogens is 1. The molecule has 31 heavy (non-hydrogen) atoms. The van der Waals surface area contributed by atoms with Crippen molar-refractivity contribution >= 4 is 35.0 Å². The van der Waals surface area contributed by atoms with E-state index in [-0.39, 0.29) is 11.7 Å². The van der Waals surface area contributed by atoms with Gasteiger partial charge in [-0.25, -0.2) is 0 Å². The Morgan fingerprint density at radius 2 is 1.71 bits per heavy atom. The van der Waals surface area contributed by atoms with Crippen LogP contribution in [0.1, 0.15) is 26.3 Å². The molecule has 8 heteroatoms. The predicted molar refractivity (Wildman–Crippen MR) is 129 cm³/mol. The third-order valence-electron chi connectivity index (χ3n) is 5.02. The van der Waals surface area contributed by atoms with Gasteiger partial charge in [0.2, 0.25) is 5.91 Å². The zero-order valence-corrected chi connectivity index (χ0v) is 19.7. The van der Waals surface area contributed by atoms with E-state index in [9.17, 15) is 4.79 Å². The van der Waals surface area contributed by atoms with Crippen molar-refractivity contribution in [2.75, 3.05) is 23.7 Å². The van der Waals surface area contributed by atoms with Crippen LogP contribution in [0.25, 0.3) is 11.4 Å². The highest BCUT2D eigenvalue weighted by molar-refractivity contribution is 7.99. The van der Waals surface area contributed by atoms with E-state index < -0.39 is 0 Å². The molecule has 3 aromatic rings. The largest absolute Gasteiger partial charge is 0.372 e. The molecule has 0 saturated carbocycles. The molecule has 0 aliphatic heterocycles. The van der Waals surface area contributed by atoms with E-state index in [2.05, 4.69) is 65.5 Å². The van der Waals surface area contributed by atoms with Gasteiger partial charge < -0.3 is 14.8 Å². The molecule has 0 aliphatic rings. The first-order chi connectivity index (χ1) is 15.0. The number of nitrogens with zero attached hydrogens (tertiary/aromatic N) is 4. The van der Waals surface area contributed by atoms with Crippen LogP contribution in [-0.4, -0.2) is 39.5 Å². The first-order valence-corrected chi connectivity index (χ1v) is 11.8. The lowest BCUT2D eigenvalue weighted by Gasteiger charge is -2.21. The molecule has 1 N–H and O–H groups in total. The summed E-state index contributed by atoms with van der Waals surface area (Å²) in [5.41, 5.74) is 3.22. The fraction of sp³-hybridized carbons (Fsp3) is 0.348. The third-order valence-corrected chi connectivity index (χ3v) is 6.24. The molecule has 0 saturated heterocycles. The number of carbonyl (C=O) groups excluding carboxylic acids is 1. The highest BCUT2D eigenvalue weighted by Gasteiger charge is 2.15. The smallest absolute Gasteiger partial charge is 0.230 e. The van der Waals surface area contributed by atoms with Crippen molar-refractivity contribution in [1.29, 1.82) is 0 Å². The molecule has 0 spiro atoms. The van der Waals surface area contributed by atoms with Crippen LogP contribution in [0.3, 0.4) is 0 Å². The fourth-order valence-electron chi connectivity index (χ4n) is 3.29. The summed E-state index contributed by atoms with van der Waals surface area (Å²) in [4.78, 5) is 14.6. The molecule has 1 heterocycles. The van der Waals surface area contributed by atoms with Crippen molar-refractivity contribution in [3.8, 4) is 11.4 Å². The maximum atomic E-state index is 12.3. The van der Waals surface area contributed by atoms with Crippen LogP contribution < -0.4 is 10.2 Å². The van der Waals surface area contributed by atoms with Crippen molar-refractivity contribution in [3.63, 3.8) is 0 Å². The Bertz CT molecular complexity index is 984.